The highest BCUT2D eigenvalue weighted by atomic mass is 35.5. The summed E-state index contributed by atoms with van der Waals surface area (Å²) >= 11 is 13.9. The minimum absolute atomic E-state index is 0.0824. The molecule has 3 rings (SSSR count). The van der Waals surface area contributed by atoms with Crippen molar-refractivity contribution in [3.05, 3.63) is 69.7 Å². The fourth-order valence-corrected chi connectivity index (χ4v) is 5.02. The molecule has 4 nitrogen and oxygen atoms in total. The number of nitrogens with zero attached hydrogens (tertiary/aromatic N) is 1. The van der Waals surface area contributed by atoms with Crippen molar-refractivity contribution in [2.45, 2.75) is 57.0 Å². The summed E-state index contributed by atoms with van der Waals surface area (Å²) in [6.45, 7) is 2.09. The van der Waals surface area contributed by atoms with Crippen LogP contribution in [0.25, 0.3) is 0 Å². The van der Waals surface area contributed by atoms with Crippen molar-refractivity contribution >= 4 is 46.8 Å². The van der Waals surface area contributed by atoms with E-state index in [4.69, 9.17) is 23.2 Å². The Morgan fingerprint density at radius 2 is 1.87 bits per heavy atom. The first-order valence-corrected chi connectivity index (χ1v) is 12.5. The zero-order valence-electron chi connectivity index (χ0n) is 17.7. The predicted molar refractivity (Wildman–Crippen MR) is 129 cm³/mol. The van der Waals surface area contributed by atoms with E-state index in [0.717, 1.165) is 36.8 Å². The van der Waals surface area contributed by atoms with Crippen LogP contribution in [0, 0.1) is 0 Å². The molecular formula is C24H28Cl2N2O2S. The smallest absolute Gasteiger partial charge is 0.242 e. The van der Waals surface area contributed by atoms with Crippen LogP contribution < -0.4 is 5.32 Å². The highest BCUT2D eigenvalue weighted by Gasteiger charge is 2.28. The number of hydrogen-bond acceptors (Lipinski definition) is 3. The zero-order chi connectivity index (χ0) is 22.2. The first-order chi connectivity index (χ1) is 14.9. The van der Waals surface area contributed by atoms with Gasteiger partial charge in [0, 0.05) is 28.4 Å². The maximum atomic E-state index is 13.2. The summed E-state index contributed by atoms with van der Waals surface area (Å²) in [5.74, 6) is 0.764. The summed E-state index contributed by atoms with van der Waals surface area (Å²) in [6, 6.07) is 14.7. The lowest BCUT2D eigenvalue weighted by Gasteiger charge is -2.30. The van der Waals surface area contributed by atoms with Gasteiger partial charge in [-0.15, -0.1) is 11.8 Å². The van der Waals surface area contributed by atoms with Crippen LogP contribution in [0.2, 0.25) is 10.0 Å². The Bertz CT molecular complexity index is 903. The van der Waals surface area contributed by atoms with E-state index in [1.807, 2.05) is 42.5 Å². The van der Waals surface area contributed by atoms with E-state index >= 15 is 0 Å². The Hall–Kier alpha value is -1.69. The van der Waals surface area contributed by atoms with Crippen LogP contribution >= 0.6 is 35.0 Å². The third-order valence-corrected chi connectivity index (χ3v) is 7.14. The second-order valence-corrected chi connectivity index (χ2v) is 9.73. The molecule has 1 saturated carbocycles. The van der Waals surface area contributed by atoms with Gasteiger partial charge in [0.25, 0.3) is 0 Å². The summed E-state index contributed by atoms with van der Waals surface area (Å²) in [5, 5.41) is 4.39. The average molecular weight is 479 g/mol. The van der Waals surface area contributed by atoms with E-state index in [9.17, 15) is 9.59 Å². The van der Waals surface area contributed by atoms with Crippen molar-refractivity contribution in [3.8, 4) is 0 Å². The lowest BCUT2D eigenvalue weighted by atomic mass is 10.1. The lowest BCUT2D eigenvalue weighted by molar-refractivity contribution is -0.138. The Balaban J connectivity index is 1.66. The van der Waals surface area contributed by atoms with Crippen molar-refractivity contribution in [2.75, 3.05) is 5.75 Å². The third kappa shape index (κ3) is 7.16. The van der Waals surface area contributed by atoms with Gasteiger partial charge in [0.2, 0.25) is 11.8 Å². The predicted octanol–water partition coefficient (Wildman–Crippen LogP) is 5.70. The largest absolute Gasteiger partial charge is 0.352 e. The summed E-state index contributed by atoms with van der Waals surface area (Å²) in [5.41, 5.74) is 1.90. The van der Waals surface area contributed by atoms with Crippen LogP contribution in [-0.4, -0.2) is 34.6 Å². The minimum atomic E-state index is -0.573. The quantitative estimate of drug-likeness (QED) is 0.502. The van der Waals surface area contributed by atoms with Gasteiger partial charge in [0.05, 0.1) is 5.75 Å². The van der Waals surface area contributed by atoms with Gasteiger partial charge < -0.3 is 10.2 Å². The van der Waals surface area contributed by atoms with Gasteiger partial charge in [0.15, 0.2) is 0 Å². The van der Waals surface area contributed by atoms with Crippen molar-refractivity contribution in [3.63, 3.8) is 0 Å². The summed E-state index contributed by atoms with van der Waals surface area (Å²) in [4.78, 5) is 27.7. The fourth-order valence-electron chi connectivity index (χ4n) is 3.75. The van der Waals surface area contributed by atoms with Gasteiger partial charge in [0.1, 0.15) is 6.04 Å². The monoisotopic (exact) mass is 478 g/mol. The fraction of sp³-hybridized carbons (Fsp3) is 0.417. The molecule has 0 bridgehead atoms. The molecule has 166 valence electrons. The SMILES string of the molecule is CC(C(=O)NC1CCCC1)N(Cc1ccccc1Cl)C(=O)CSCc1cccc(Cl)c1. The van der Waals surface area contributed by atoms with Gasteiger partial charge in [-0.05, 0) is 49.1 Å². The van der Waals surface area contributed by atoms with Crippen molar-refractivity contribution in [1.29, 1.82) is 0 Å². The van der Waals surface area contributed by atoms with Crippen LogP contribution in [0.1, 0.15) is 43.7 Å². The molecule has 2 aromatic carbocycles. The Labute approximate surface area is 198 Å². The molecule has 0 spiro atoms. The van der Waals surface area contributed by atoms with E-state index in [1.54, 1.807) is 17.9 Å². The molecule has 0 aromatic heterocycles. The summed E-state index contributed by atoms with van der Waals surface area (Å²) < 4.78 is 0. The molecule has 0 heterocycles. The van der Waals surface area contributed by atoms with E-state index in [2.05, 4.69) is 5.32 Å². The Morgan fingerprint density at radius 1 is 1.13 bits per heavy atom. The Kier molecular flexibility index (Phi) is 9.12. The number of rotatable bonds is 9. The first-order valence-electron chi connectivity index (χ1n) is 10.6. The highest BCUT2D eigenvalue weighted by molar-refractivity contribution is 7.99. The molecule has 1 fully saturated rings. The normalized spacial score (nSPS) is 14.9. The average Bonchev–Trinajstić information content (AvgIpc) is 3.25. The molecule has 1 aliphatic carbocycles. The Morgan fingerprint density at radius 3 is 2.58 bits per heavy atom. The topological polar surface area (TPSA) is 49.4 Å². The van der Waals surface area contributed by atoms with Crippen LogP contribution in [0.15, 0.2) is 48.5 Å². The minimum Gasteiger partial charge on any atom is -0.352 e. The lowest BCUT2D eigenvalue weighted by Crippen LogP contribution is -2.50. The van der Waals surface area contributed by atoms with Gasteiger partial charge in [-0.3, -0.25) is 9.59 Å². The second kappa shape index (κ2) is 11.8. The number of benzene rings is 2. The van der Waals surface area contributed by atoms with Gasteiger partial charge >= 0.3 is 0 Å². The molecule has 31 heavy (non-hydrogen) atoms. The standard InChI is InChI=1S/C24H28Cl2N2O2S/c1-17(24(30)27-21-10-3-4-11-21)28(14-19-8-2-5-12-22(19)26)23(29)16-31-15-18-7-6-9-20(25)13-18/h2,5-9,12-13,17,21H,3-4,10-11,14-16H2,1H3,(H,27,30). The third-order valence-electron chi connectivity index (χ3n) is 5.55. The highest BCUT2D eigenvalue weighted by Crippen LogP contribution is 2.22. The second-order valence-electron chi connectivity index (χ2n) is 7.90. The number of carbonyl (C=O) groups is 2. The number of nitrogens with one attached hydrogen (secondary N) is 1. The van der Waals surface area contributed by atoms with Crippen LogP contribution in [-0.2, 0) is 21.9 Å². The molecule has 1 unspecified atom stereocenters. The number of halogens is 2. The molecule has 1 N–H and O–H groups in total. The number of thioether (sulfide) groups is 1. The maximum absolute atomic E-state index is 13.2. The van der Waals surface area contributed by atoms with Crippen molar-refractivity contribution in [2.24, 2.45) is 0 Å². The van der Waals surface area contributed by atoms with Gasteiger partial charge in [-0.25, -0.2) is 0 Å². The molecule has 2 amide bonds. The van der Waals surface area contributed by atoms with E-state index < -0.39 is 6.04 Å². The molecule has 0 saturated heterocycles. The molecule has 7 heteroatoms. The molecular weight excluding hydrogens is 451 g/mol. The van der Waals surface area contributed by atoms with Crippen molar-refractivity contribution in [1.82, 2.24) is 10.2 Å². The maximum Gasteiger partial charge on any atom is 0.242 e. The van der Waals surface area contributed by atoms with E-state index in [0.29, 0.717) is 22.3 Å². The number of hydrogen-bond donors (Lipinski definition) is 1. The van der Waals surface area contributed by atoms with Crippen molar-refractivity contribution < 1.29 is 9.59 Å². The van der Waals surface area contributed by atoms with E-state index in [-0.39, 0.29) is 23.6 Å². The number of amides is 2. The van der Waals surface area contributed by atoms with Gasteiger partial charge in [-0.2, -0.15) is 0 Å². The van der Waals surface area contributed by atoms with Gasteiger partial charge in [-0.1, -0.05) is 66.4 Å². The molecule has 1 aliphatic rings. The van der Waals surface area contributed by atoms with Crippen LogP contribution in [0.5, 0.6) is 0 Å². The molecule has 1 atom stereocenters. The zero-order valence-corrected chi connectivity index (χ0v) is 20.0. The van der Waals surface area contributed by atoms with Crippen LogP contribution in [0.3, 0.4) is 0 Å². The van der Waals surface area contributed by atoms with Crippen LogP contribution in [0.4, 0.5) is 0 Å². The molecule has 2 aromatic rings. The molecule has 0 radical (unpaired) electrons. The first kappa shape index (κ1) is 24.0. The number of carbonyl (C=O) groups excluding carboxylic acids is 2. The molecule has 0 aliphatic heterocycles. The summed E-state index contributed by atoms with van der Waals surface area (Å²) in [7, 11) is 0. The summed E-state index contributed by atoms with van der Waals surface area (Å²) in [6.07, 6.45) is 4.29. The van der Waals surface area contributed by atoms with E-state index in [1.165, 1.54) is 11.8 Å².